The molecule has 1 aromatic rings. The lowest BCUT2D eigenvalue weighted by Gasteiger charge is -2.18. The highest BCUT2D eigenvalue weighted by Gasteiger charge is 2.13. The van der Waals surface area contributed by atoms with E-state index >= 15 is 0 Å². The fourth-order valence-corrected chi connectivity index (χ4v) is 0.749. The molecule has 4 nitrogen and oxygen atoms in total. The zero-order chi connectivity index (χ0) is 10.6. The molecule has 1 heterocycles. The third-order valence-corrected chi connectivity index (χ3v) is 1.35. The van der Waals surface area contributed by atoms with Crippen molar-refractivity contribution in [3.05, 3.63) is 30.1 Å². The molecular weight excluding hydrogens is 180 g/mol. The lowest BCUT2D eigenvalue weighted by Crippen LogP contribution is -2.33. The van der Waals surface area contributed by atoms with Crippen molar-refractivity contribution < 1.29 is 9.63 Å². The summed E-state index contributed by atoms with van der Waals surface area (Å²) in [7, 11) is 0. The number of hydrogen-bond donors (Lipinski definition) is 1. The van der Waals surface area contributed by atoms with Crippen molar-refractivity contribution in [1.82, 2.24) is 10.5 Å². The molecule has 0 saturated carbocycles. The van der Waals surface area contributed by atoms with Crippen LogP contribution in [0.5, 0.6) is 0 Å². The lowest BCUT2D eigenvalue weighted by molar-refractivity contribution is -0.0591. The minimum Gasteiger partial charge on any atom is -0.268 e. The summed E-state index contributed by atoms with van der Waals surface area (Å²) in [6.07, 6.45) is 1.56. The van der Waals surface area contributed by atoms with Crippen molar-refractivity contribution in [3.8, 4) is 0 Å². The van der Waals surface area contributed by atoms with E-state index in [2.05, 4.69) is 10.5 Å². The maximum Gasteiger partial charge on any atom is 0.293 e. The number of carbonyl (C=O) groups is 1. The molecule has 0 aliphatic rings. The SMILES string of the molecule is CC(C)(C)ONC(=O)c1ccccn1. The van der Waals surface area contributed by atoms with Crippen LogP contribution in [0.2, 0.25) is 0 Å². The molecule has 0 saturated heterocycles. The van der Waals surface area contributed by atoms with E-state index in [0.29, 0.717) is 5.69 Å². The molecule has 1 amide bonds. The zero-order valence-electron chi connectivity index (χ0n) is 8.57. The average molecular weight is 194 g/mol. The Kier molecular flexibility index (Phi) is 3.19. The maximum absolute atomic E-state index is 11.4. The van der Waals surface area contributed by atoms with E-state index in [1.54, 1.807) is 24.4 Å². The van der Waals surface area contributed by atoms with Gasteiger partial charge in [-0.1, -0.05) is 6.07 Å². The molecule has 76 valence electrons. The minimum atomic E-state index is -0.398. The van der Waals surface area contributed by atoms with Gasteiger partial charge in [0.15, 0.2) is 0 Å². The predicted molar refractivity (Wildman–Crippen MR) is 52.5 cm³/mol. The molecule has 14 heavy (non-hydrogen) atoms. The van der Waals surface area contributed by atoms with Gasteiger partial charge in [-0.25, -0.2) is 5.48 Å². The van der Waals surface area contributed by atoms with Crippen LogP contribution in [-0.4, -0.2) is 16.5 Å². The van der Waals surface area contributed by atoms with Crippen molar-refractivity contribution in [1.29, 1.82) is 0 Å². The van der Waals surface area contributed by atoms with Gasteiger partial charge < -0.3 is 0 Å². The van der Waals surface area contributed by atoms with Crippen LogP contribution < -0.4 is 5.48 Å². The van der Waals surface area contributed by atoms with Gasteiger partial charge in [-0.15, -0.1) is 0 Å². The Balaban J connectivity index is 2.52. The number of pyridine rings is 1. The Bertz CT molecular complexity index is 304. The van der Waals surface area contributed by atoms with Gasteiger partial charge in [0.05, 0.1) is 5.60 Å². The van der Waals surface area contributed by atoms with Gasteiger partial charge >= 0.3 is 0 Å². The van der Waals surface area contributed by atoms with Gasteiger partial charge in [0, 0.05) is 6.20 Å². The average Bonchev–Trinajstić information content (AvgIpc) is 2.14. The molecule has 1 aromatic heterocycles. The number of nitrogens with zero attached hydrogens (tertiary/aromatic N) is 1. The first kappa shape index (κ1) is 10.7. The van der Waals surface area contributed by atoms with Crippen molar-refractivity contribution in [2.45, 2.75) is 26.4 Å². The van der Waals surface area contributed by atoms with E-state index in [-0.39, 0.29) is 5.91 Å². The smallest absolute Gasteiger partial charge is 0.268 e. The van der Waals surface area contributed by atoms with Crippen LogP contribution in [0.3, 0.4) is 0 Å². The molecule has 0 spiro atoms. The highest BCUT2D eigenvalue weighted by molar-refractivity contribution is 5.91. The highest BCUT2D eigenvalue weighted by Crippen LogP contribution is 2.04. The fraction of sp³-hybridized carbons (Fsp3) is 0.400. The quantitative estimate of drug-likeness (QED) is 0.726. The van der Waals surface area contributed by atoms with Crippen molar-refractivity contribution >= 4 is 5.91 Å². The molecule has 0 unspecified atom stereocenters. The van der Waals surface area contributed by atoms with Crippen molar-refractivity contribution in [3.63, 3.8) is 0 Å². The minimum absolute atomic E-state index is 0.333. The molecule has 4 heteroatoms. The standard InChI is InChI=1S/C10H14N2O2/c1-10(2,3)14-12-9(13)8-6-4-5-7-11-8/h4-7H,1-3H3,(H,12,13). The summed E-state index contributed by atoms with van der Waals surface area (Å²) in [4.78, 5) is 20.4. The summed E-state index contributed by atoms with van der Waals surface area (Å²) >= 11 is 0. The number of nitrogens with one attached hydrogen (secondary N) is 1. The summed E-state index contributed by atoms with van der Waals surface area (Å²) < 4.78 is 0. The van der Waals surface area contributed by atoms with Crippen LogP contribution in [0.1, 0.15) is 31.3 Å². The molecule has 0 radical (unpaired) electrons. The molecule has 0 aromatic carbocycles. The Morgan fingerprint density at radius 1 is 1.43 bits per heavy atom. The summed E-state index contributed by atoms with van der Waals surface area (Å²) in [6, 6.07) is 5.13. The Morgan fingerprint density at radius 2 is 2.14 bits per heavy atom. The summed E-state index contributed by atoms with van der Waals surface area (Å²) in [6.45, 7) is 5.56. The van der Waals surface area contributed by atoms with Gasteiger partial charge in [0.25, 0.3) is 5.91 Å². The monoisotopic (exact) mass is 194 g/mol. The van der Waals surface area contributed by atoms with E-state index in [4.69, 9.17) is 4.84 Å². The first-order valence-electron chi connectivity index (χ1n) is 4.38. The van der Waals surface area contributed by atoms with E-state index < -0.39 is 5.60 Å². The first-order valence-corrected chi connectivity index (χ1v) is 4.38. The molecule has 0 fully saturated rings. The largest absolute Gasteiger partial charge is 0.293 e. The van der Waals surface area contributed by atoms with Gasteiger partial charge in [0.1, 0.15) is 5.69 Å². The van der Waals surface area contributed by atoms with Crippen LogP contribution in [-0.2, 0) is 4.84 Å². The van der Waals surface area contributed by atoms with Gasteiger partial charge in [-0.2, -0.15) is 0 Å². The third kappa shape index (κ3) is 3.53. The molecule has 0 aliphatic carbocycles. The molecular formula is C10H14N2O2. The first-order chi connectivity index (χ1) is 6.49. The van der Waals surface area contributed by atoms with Crippen LogP contribution in [0.25, 0.3) is 0 Å². The lowest BCUT2D eigenvalue weighted by atomic mass is 10.2. The summed E-state index contributed by atoms with van der Waals surface area (Å²) in [5, 5.41) is 0. The van der Waals surface area contributed by atoms with Gasteiger partial charge in [-0.05, 0) is 32.9 Å². The number of aromatic nitrogens is 1. The highest BCUT2D eigenvalue weighted by atomic mass is 16.7. The maximum atomic E-state index is 11.4. The molecule has 0 atom stereocenters. The molecule has 1 rings (SSSR count). The Labute approximate surface area is 83.3 Å². The third-order valence-electron chi connectivity index (χ3n) is 1.35. The number of rotatable bonds is 2. The van der Waals surface area contributed by atoms with Crippen molar-refractivity contribution in [2.75, 3.05) is 0 Å². The second-order valence-electron chi connectivity index (χ2n) is 3.86. The second kappa shape index (κ2) is 4.19. The van der Waals surface area contributed by atoms with Crippen LogP contribution in [0.15, 0.2) is 24.4 Å². The number of amides is 1. The van der Waals surface area contributed by atoms with Crippen LogP contribution >= 0.6 is 0 Å². The summed E-state index contributed by atoms with van der Waals surface area (Å²) in [5.74, 6) is -0.333. The van der Waals surface area contributed by atoms with Crippen LogP contribution in [0.4, 0.5) is 0 Å². The molecule has 0 bridgehead atoms. The number of hydroxylamine groups is 1. The van der Waals surface area contributed by atoms with E-state index in [9.17, 15) is 4.79 Å². The van der Waals surface area contributed by atoms with E-state index in [1.165, 1.54) is 0 Å². The fourth-order valence-electron chi connectivity index (χ4n) is 0.749. The second-order valence-corrected chi connectivity index (χ2v) is 3.86. The summed E-state index contributed by atoms with van der Waals surface area (Å²) in [5.41, 5.74) is 2.28. The molecule has 0 aliphatic heterocycles. The number of hydrogen-bond acceptors (Lipinski definition) is 3. The van der Waals surface area contributed by atoms with Gasteiger partial charge in [0.2, 0.25) is 0 Å². The van der Waals surface area contributed by atoms with Crippen molar-refractivity contribution in [2.24, 2.45) is 0 Å². The Morgan fingerprint density at radius 3 is 2.64 bits per heavy atom. The predicted octanol–water partition coefficient (Wildman–Crippen LogP) is 1.54. The van der Waals surface area contributed by atoms with E-state index in [1.807, 2.05) is 20.8 Å². The van der Waals surface area contributed by atoms with Crippen LogP contribution in [0, 0.1) is 0 Å². The van der Waals surface area contributed by atoms with E-state index in [0.717, 1.165) is 0 Å². The van der Waals surface area contributed by atoms with Gasteiger partial charge in [-0.3, -0.25) is 14.6 Å². The zero-order valence-corrected chi connectivity index (χ0v) is 8.57. The molecule has 1 N–H and O–H groups in total. The Hall–Kier alpha value is -1.42. The topological polar surface area (TPSA) is 51.2 Å². The normalized spacial score (nSPS) is 11.1. The number of carbonyl (C=O) groups excluding carboxylic acids is 1.